The van der Waals surface area contributed by atoms with Gasteiger partial charge in [-0.3, -0.25) is 9.59 Å². The van der Waals surface area contributed by atoms with Gasteiger partial charge in [0.15, 0.2) is 13.1 Å². The first-order valence-corrected chi connectivity index (χ1v) is 9.42. The van der Waals surface area contributed by atoms with E-state index in [0.29, 0.717) is 10.0 Å². The van der Waals surface area contributed by atoms with Gasteiger partial charge in [-0.05, 0) is 43.7 Å². The van der Waals surface area contributed by atoms with Gasteiger partial charge in [-0.1, -0.05) is 47.0 Å². The predicted octanol–water partition coefficient (Wildman–Crippen LogP) is 2.63. The molecule has 0 fully saturated rings. The number of aryl methyl sites for hydroxylation is 1. The van der Waals surface area contributed by atoms with Crippen molar-refractivity contribution in [2.24, 2.45) is 0 Å². The molecule has 1 unspecified atom stereocenters. The number of benzene rings is 2. The van der Waals surface area contributed by atoms with E-state index in [2.05, 4.69) is 10.6 Å². The Labute approximate surface area is 169 Å². The number of quaternary nitrogens is 1. The van der Waals surface area contributed by atoms with Crippen LogP contribution in [0.5, 0.6) is 0 Å². The van der Waals surface area contributed by atoms with Gasteiger partial charge in [-0.2, -0.15) is 0 Å². The number of amides is 2. The zero-order valence-corrected chi connectivity index (χ0v) is 17.1. The van der Waals surface area contributed by atoms with Crippen molar-refractivity contribution in [2.75, 3.05) is 25.5 Å². The van der Waals surface area contributed by atoms with Gasteiger partial charge in [0, 0.05) is 15.7 Å². The van der Waals surface area contributed by atoms with Crippen molar-refractivity contribution >= 4 is 40.7 Å². The molecule has 2 aromatic carbocycles. The fraction of sp³-hybridized carbons (Fsp3) is 0.300. The molecule has 5 nitrogen and oxygen atoms in total. The highest BCUT2D eigenvalue weighted by atomic mass is 35.5. The van der Waals surface area contributed by atoms with E-state index in [1.165, 1.54) is 0 Å². The largest absolute Gasteiger partial charge is 0.345 e. The van der Waals surface area contributed by atoms with Crippen LogP contribution in [0.4, 0.5) is 5.69 Å². The number of carbonyl (C=O) groups is 2. The second-order valence-corrected chi connectivity index (χ2v) is 7.52. The highest BCUT2D eigenvalue weighted by Crippen LogP contribution is 2.25. The second kappa shape index (κ2) is 9.74. The molecule has 2 rings (SSSR count). The molecule has 27 heavy (non-hydrogen) atoms. The van der Waals surface area contributed by atoms with Gasteiger partial charge in [0.1, 0.15) is 0 Å². The first-order chi connectivity index (χ1) is 12.7. The Morgan fingerprint density at radius 1 is 1.04 bits per heavy atom. The monoisotopic (exact) mass is 408 g/mol. The van der Waals surface area contributed by atoms with E-state index in [4.69, 9.17) is 23.2 Å². The van der Waals surface area contributed by atoms with Crippen molar-refractivity contribution < 1.29 is 14.5 Å². The second-order valence-electron chi connectivity index (χ2n) is 6.68. The Morgan fingerprint density at radius 2 is 1.67 bits per heavy atom. The highest BCUT2D eigenvalue weighted by molar-refractivity contribution is 6.35. The average Bonchev–Trinajstić information content (AvgIpc) is 2.56. The van der Waals surface area contributed by atoms with E-state index in [1.54, 1.807) is 25.2 Å². The lowest BCUT2D eigenvalue weighted by Crippen LogP contribution is -3.11. The van der Waals surface area contributed by atoms with Crippen LogP contribution in [0.1, 0.15) is 24.1 Å². The number of hydrogen-bond acceptors (Lipinski definition) is 2. The third kappa shape index (κ3) is 6.86. The van der Waals surface area contributed by atoms with Crippen LogP contribution >= 0.6 is 23.2 Å². The fourth-order valence-electron chi connectivity index (χ4n) is 2.68. The van der Waals surface area contributed by atoms with Crippen LogP contribution in [-0.4, -0.2) is 32.0 Å². The van der Waals surface area contributed by atoms with Crippen molar-refractivity contribution in [3.63, 3.8) is 0 Å². The number of hydrogen-bond donors (Lipinski definition) is 3. The summed E-state index contributed by atoms with van der Waals surface area (Å²) in [5.74, 6) is -0.299. The van der Waals surface area contributed by atoms with Crippen LogP contribution in [0, 0.1) is 6.92 Å². The van der Waals surface area contributed by atoms with Crippen LogP contribution in [-0.2, 0) is 9.59 Å². The van der Waals surface area contributed by atoms with Crippen molar-refractivity contribution in [1.29, 1.82) is 0 Å². The van der Waals surface area contributed by atoms with E-state index >= 15 is 0 Å². The summed E-state index contributed by atoms with van der Waals surface area (Å²) in [6.07, 6.45) is 0. The smallest absolute Gasteiger partial charge is 0.279 e. The predicted molar refractivity (Wildman–Crippen MR) is 109 cm³/mol. The van der Waals surface area contributed by atoms with Gasteiger partial charge >= 0.3 is 0 Å². The molecule has 0 aromatic heterocycles. The summed E-state index contributed by atoms with van der Waals surface area (Å²) >= 11 is 12.1. The summed E-state index contributed by atoms with van der Waals surface area (Å²) in [7, 11) is 1.80. The molecular formula is C20H24Cl2N3O2+. The third-order valence-corrected chi connectivity index (χ3v) is 4.63. The number of likely N-dealkylation sites (N-methyl/N-ethyl adjacent to an activating group) is 1. The Hall–Kier alpha value is -2.08. The molecule has 2 atom stereocenters. The molecule has 2 amide bonds. The number of anilines is 1. The van der Waals surface area contributed by atoms with Crippen molar-refractivity contribution in [3.8, 4) is 0 Å². The van der Waals surface area contributed by atoms with Gasteiger partial charge in [0.2, 0.25) is 0 Å². The van der Waals surface area contributed by atoms with Gasteiger partial charge in [0.25, 0.3) is 11.8 Å². The standard InChI is InChI=1S/C20H23Cl2N3O2/c1-13-4-7-16(8-5-13)24-20(27)12-25(3)11-19(26)23-14(2)17-9-6-15(21)10-18(17)22/h4-10,14H,11-12H2,1-3H3,(H,23,26)(H,24,27)/p+1/t14-/m0/s1. The highest BCUT2D eigenvalue weighted by Gasteiger charge is 2.18. The van der Waals surface area contributed by atoms with Crippen molar-refractivity contribution in [2.45, 2.75) is 19.9 Å². The van der Waals surface area contributed by atoms with Gasteiger partial charge in [0.05, 0.1) is 13.1 Å². The van der Waals surface area contributed by atoms with Crippen molar-refractivity contribution in [1.82, 2.24) is 5.32 Å². The molecule has 3 N–H and O–H groups in total. The maximum absolute atomic E-state index is 12.3. The van der Waals surface area contributed by atoms with E-state index in [9.17, 15) is 9.59 Å². The quantitative estimate of drug-likeness (QED) is 0.659. The van der Waals surface area contributed by atoms with Crippen LogP contribution in [0.2, 0.25) is 10.0 Å². The van der Waals surface area contributed by atoms with Crippen LogP contribution in [0.15, 0.2) is 42.5 Å². The van der Waals surface area contributed by atoms with Gasteiger partial charge in [-0.15, -0.1) is 0 Å². The Kier molecular flexibility index (Phi) is 7.66. The first-order valence-electron chi connectivity index (χ1n) is 8.66. The topological polar surface area (TPSA) is 62.6 Å². The Bertz CT molecular complexity index is 809. The van der Waals surface area contributed by atoms with Crippen LogP contribution < -0.4 is 15.5 Å². The summed E-state index contributed by atoms with van der Waals surface area (Å²) in [6.45, 7) is 4.21. The molecular weight excluding hydrogens is 385 g/mol. The Morgan fingerprint density at radius 3 is 2.30 bits per heavy atom. The van der Waals surface area contributed by atoms with Crippen molar-refractivity contribution in [3.05, 3.63) is 63.6 Å². The molecule has 0 heterocycles. The normalized spacial score (nSPS) is 12.9. The number of nitrogens with one attached hydrogen (secondary N) is 3. The number of rotatable bonds is 7. The molecule has 0 radical (unpaired) electrons. The lowest BCUT2D eigenvalue weighted by molar-refractivity contribution is -0.862. The van der Waals surface area contributed by atoms with Crippen LogP contribution in [0.3, 0.4) is 0 Å². The molecule has 0 spiro atoms. The molecule has 0 aliphatic carbocycles. The summed E-state index contributed by atoms with van der Waals surface area (Å²) in [6, 6.07) is 12.5. The Balaban J connectivity index is 1.82. The minimum atomic E-state index is -0.253. The zero-order valence-electron chi connectivity index (χ0n) is 15.6. The van der Waals surface area contributed by atoms with E-state index in [1.807, 2.05) is 38.1 Å². The molecule has 7 heteroatoms. The maximum Gasteiger partial charge on any atom is 0.279 e. The van der Waals surface area contributed by atoms with Gasteiger partial charge < -0.3 is 15.5 Å². The summed E-state index contributed by atoms with van der Waals surface area (Å²) in [5, 5.41) is 6.78. The minimum absolute atomic E-state index is 0.141. The fourth-order valence-corrected chi connectivity index (χ4v) is 3.25. The van der Waals surface area contributed by atoms with Crippen LogP contribution in [0.25, 0.3) is 0 Å². The number of carbonyl (C=O) groups excluding carboxylic acids is 2. The summed E-state index contributed by atoms with van der Waals surface area (Å²) in [5.41, 5.74) is 2.67. The van der Waals surface area contributed by atoms with E-state index in [0.717, 1.165) is 21.7 Å². The lowest BCUT2D eigenvalue weighted by Gasteiger charge is -2.18. The molecule has 0 saturated carbocycles. The molecule has 0 aliphatic rings. The van der Waals surface area contributed by atoms with Gasteiger partial charge in [-0.25, -0.2) is 0 Å². The molecule has 2 aromatic rings. The third-order valence-electron chi connectivity index (χ3n) is 4.07. The summed E-state index contributed by atoms with van der Waals surface area (Å²) < 4.78 is 0. The molecule has 0 aliphatic heterocycles. The maximum atomic E-state index is 12.3. The molecule has 144 valence electrons. The average molecular weight is 409 g/mol. The first kappa shape index (κ1) is 21.2. The summed E-state index contributed by atoms with van der Waals surface area (Å²) in [4.78, 5) is 25.2. The zero-order chi connectivity index (χ0) is 20.0. The SMILES string of the molecule is Cc1ccc(NC(=O)C[NH+](C)CC(=O)N[C@@H](C)c2ccc(Cl)cc2Cl)cc1. The van der Waals surface area contributed by atoms with E-state index < -0.39 is 0 Å². The molecule has 0 bridgehead atoms. The van der Waals surface area contributed by atoms with E-state index in [-0.39, 0.29) is 30.9 Å². The number of halogens is 2. The molecule has 0 saturated heterocycles. The minimum Gasteiger partial charge on any atom is -0.345 e. The lowest BCUT2D eigenvalue weighted by atomic mass is 10.1.